The minimum absolute atomic E-state index is 0.0347. The monoisotopic (exact) mass is 388 g/mol. The van der Waals surface area contributed by atoms with E-state index in [0.717, 1.165) is 11.4 Å². The maximum atomic E-state index is 12.4. The van der Waals surface area contributed by atoms with E-state index in [0.29, 0.717) is 24.5 Å². The van der Waals surface area contributed by atoms with Gasteiger partial charge in [-0.05, 0) is 68.5 Å². The molecule has 1 amide bonds. The first-order valence-corrected chi connectivity index (χ1v) is 8.99. The van der Waals surface area contributed by atoms with Crippen molar-refractivity contribution in [3.8, 4) is 11.5 Å². The quantitative estimate of drug-likeness (QED) is 0.532. The number of hydrogen-bond donors (Lipinski definition) is 2. The Kier molecular flexibility index (Phi) is 8.03. The molecule has 0 heterocycles. The van der Waals surface area contributed by atoms with Crippen molar-refractivity contribution in [3.05, 3.63) is 54.1 Å². The molecule has 2 aromatic carbocycles. The fourth-order valence-electron chi connectivity index (χ4n) is 2.20. The van der Waals surface area contributed by atoms with Gasteiger partial charge in [0, 0.05) is 18.4 Å². The molecule has 0 saturated heterocycles. The predicted molar refractivity (Wildman–Crippen MR) is 110 cm³/mol. The zero-order valence-corrected chi connectivity index (χ0v) is 16.5. The van der Waals surface area contributed by atoms with Crippen molar-refractivity contribution in [2.45, 2.75) is 20.0 Å². The van der Waals surface area contributed by atoms with Crippen LogP contribution < -0.4 is 20.1 Å². The molecular formula is C20H24N2O4S. The van der Waals surface area contributed by atoms with Crippen molar-refractivity contribution in [3.63, 3.8) is 0 Å². The number of benzene rings is 2. The van der Waals surface area contributed by atoms with E-state index >= 15 is 0 Å². The highest BCUT2D eigenvalue weighted by Gasteiger charge is 2.10. The lowest BCUT2D eigenvalue weighted by atomic mass is 10.2. The number of nitrogens with one attached hydrogen (secondary N) is 2. The summed E-state index contributed by atoms with van der Waals surface area (Å²) in [5.41, 5.74) is 1.22. The summed E-state index contributed by atoms with van der Waals surface area (Å²) in [6, 6.07) is 14.2. The maximum Gasteiger partial charge on any atom is 0.257 e. The molecule has 0 aliphatic rings. The molecule has 2 N–H and O–H groups in total. The standard InChI is InChI=1S/C20H24N2O4S/c1-14(2)26-18-6-4-5-15(13-18)19(23)22-20(27)21-16-7-9-17(10-8-16)25-12-11-24-3/h4-10,13-14H,11-12H2,1-3H3,(H2,21,22,23,27). The second kappa shape index (κ2) is 10.5. The third-order valence-electron chi connectivity index (χ3n) is 3.36. The van der Waals surface area contributed by atoms with Gasteiger partial charge >= 0.3 is 0 Å². The van der Waals surface area contributed by atoms with Gasteiger partial charge < -0.3 is 19.5 Å². The first-order chi connectivity index (χ1) is 13.0. The van der Waals surface area contributed by atoms with E-state index in [1.165, 1.54) is 0 Å². The van der Waals surface area contributed by atoms with E-state index in [9.17, 15) is 4.79 Å². The van der Waals surface area contributed by atoms with Crippen molar-refractivity contribution in [1.82, 2.24) is 5.32 Å². The molecule has 0 saturated carbocycles. The van der Waals surface area contributed by atoms with Gasteiger partial charge in [-0.1, -0.05) is 6.07 Å². The molecule has 0 spiro atoms. The highest BCUT2D eigenvalue weighted by atomic mass is 32.1. The van der Waals surface area contributed by atoms with E-state index in [2.05, 4.69) is 10.6 Å². The van der Waals surface area contributed by atoms with Crippen LogP contribution in [0.5, 0.6) is 11.5 Å². The molecule has 2 aromatic rings. The SMILES string of the molecule is COCCOc1ccc(NC(=S)NC(=O)c2cccc(OC(C)C)c2)cc1. The summed E-state index contributed by atoms with van der Waals surface area (Å²) in [5, 5.41) is 5.84. The average Bonchev–Trinajstić information content (AvgIpc) is 2.63. The highest BCUT2D eigenvalue weighted by molar-refractivity contribution is 7.80. The van der Waals surface area contributed by atoms with E-state index < -0.39 is 0 Å². The molecule has 0 radical (unpaired) electrons. The van der Waals surface area contributed by atoms with Crippen LogP contribution in [0.25, 0.3) is 0 Å². The van der Waals surface area contributed by atoms with Gasteiger partial charge in [-0.2, -0.15) is 0 Å². The molecule has 0 fully saturated rings. The lowest BCUT2D eigenvalue weighted by Gasteiger charge is -2.12. The molecule has 0 aliphatic carbocycles. The molecule has 0 aliphatic heterocycles. The van der Waals surface area contributed by atoms with Crippen LogP contribution in [0.2, 0.25) is 0 Å². The highest BCUT2D eigenvalue weighted by Crippen LogP contribution is 2.16. The van der Waals surface area contributed by atoms with Crippen LogP contribution in [-0.4, -0.2) is 37.4 Å². The van der Waals surface area contributed by atoms with Gasteiger partial charge in [-0.15, -0.1) is 0 Å². The fraction of sp³-hybridized carbons (Fsp3) is 0.300. The minimum atomic E-state index is -0.304. The topological polar surface area (TPSA) is 68.8 Å². The zero-order valence-electron chi connectivity index (χ0n) is 15.7. The number of ether oxygens (including phenoxy) is 3. The lowest BCUT2D eigenvalue weighted by molar-refractivity contribution is 0.0977. The van der Waals surface area contributed by atoms with Crippen LogP contribution in [0.15, 0.2) is 48.5 Å². The van der Waals surface area contributed by atoms with Gasteiger partial charge in [-0.3, -0.25) is 10.1 Å². The number of amides is 1. The average molecular weight is 388 g/mol. The largest absolute Gasteiger partial charge is 0.491 e. The Bertz CT molecular complexity index is 763. The molecule has 144 valence electrons. The molecule has 0 aromatic heterocycles. The first kappa shape index (κ1) is 20.7. The summed E-state index contributed by atoms with van der Waals surface area (Å²) in [6.07, 6.45) is 0.0347. The van der Waals surface area contributed by atoms with Gasteiger partial charge in [0.25, 0.3) is 5.91 Å². The first-order valence-electron chi connectivity index (χ1n) is 8.59. The predicted octanol–water partition coefficient (Wildman–Crippen LogP) is 3.63. The molecule has 27 heavy (non-hydrogen) atoms. The van der Waals surface area contributed by atoms with Crippen LogP contribution in [0.3, 0.4) is 0 Å². The van der Waals surface area contributed by atoms with Crippen molar-refractivity contribution < 1.29 is 19.0 Å². The normalized spacial score (nSPS) is 10.4. The van der Waals surface area contributed by atoms with E-state index in [1.807, 2.05) is 44.2 Å². The van der Waals surface area contributed by atoms with Crippen LogP contribution in [-0.2, 0) is 4.74 Å². The number of thiocarbonyl (C=S) groups is 1. The molecule has 6 nitrogen and oxygen atoms in total. The molecule has 0 bridgehead atoms. The molecule has 0 unspecified atom stereocenters. The van der Waals surface area contributed by atoms with Crippen molar-refractivity contribution in [2.24, 2.45) is 0 Å². The number of carbonyl (C=O) groups is 1. The van der Waals surface area contributed by atoms with Gasteiger partial charge in [0.1, 0.15) is 18.1 Å². The number of hydrogen-bond acceptors (Lipinski definition) is 5. The Labute approximate surface area is 164 Å². The summed E-state index contributed by atoms with van der Waals surface area (Å²) in [7, 11) is 1.62. The maximum absolute atomic E-state index is 12.4. The number of methoxy groups -OCH3 is 1. The van der Waals surface area contributed by atoms with E-state index in [-0.39, 0.29) is 17.1 Å². The second-order valence-corrected chi connectivity index (χ2v) is 6.38. The Hall–Kier alpha value is -2.64. The van der Waals surface area contributed by atoms with Crippen LogP contribution in [0.4, 0.5) is 5.69 Å². The number of carbonyl (C=O) groups excluding carboxylic acids is 1. The van der Waals surface area contributed by atoms with E-state index in [4.69, 9.17) is 26.4 Å². The summed E-state index contributed by atoms with van der Waals surface area (Å²) in [6.45, 7) is 4.87. The summed E-state index contributed by atoms with van der Waals surface area (Å²) >= 11 is 5.21. The van der Waals surface area contributed by atoms with Gasteiger partial charge in [0.05, 0.1) is 12.7 Å². The Balaban J connectivity index is 1.88. The minimum Gasteiger partial charge on any atom is -0.491 e. The van der Waals surface area contributed by atoms with Gasteiger partial charge in [0.15, 0.2) is 5.11 Å². The molecule has 0 atom stereocenters. The third kappa shape index (κ3) is 7.24. The smallest absolute Gasteiger partial charge is 0.257 e. The summed E-state index contributed by atoms with van der Waals surface area (Å²) in [4.78, 5) is 12.4. The van der Waals surface area contributed by atoms with Crippen LogP contribution in [0.1, 0.15) is 24.2 Å². The molecule has 7 heteroatoms. The third-order valence-corrected chi connectivity index (χ3v) is 3.57. The Morgan fingerprint density at radius 2 is 1.81 bits per heavy atom. The Morgan fingerprint density at radius 1 is 1.07 bits per heavy atom. The van der Waals surface area contributed by atoms with Crippen molar-refractivity contribution in [1.29, 1.82) is 0 Å². The number of anilines is 1. The Morgan fingerprint density at radius 3 is 2.48 bits per heavy atom. The second-order valence-electron chi connectivity index (χ2n) is 5.97. The summed E-state index contributed by atoms with van der Waals surface area (Å²) < 4.78 is 16.0. The molecule has 2 rings (SSSR count). The van der Waals surface area contributed by atoms with Crippen LogP contribution in [0, 0.1) is 0 Å². The summed E-state index contributed by atoms with van der Waals surface area (Å²) in [5.74, 6) is 1.07. The lowest BCUT2D eigenvalue weighted by Crippen LogP contribution is -2.34. The van der Waals surface area contributed by atoms with E-state index in [1.54, 1.807) is 25.3 Å². The molecular weight excluding hydrogens is 364 g/mol. The van der Waals surface area contributed by atoms with Crippen molar-refractivity contribution in [2.75, 3.05) is 25.6 Å². The van der Waals surface area contributed by atoms with Crippen LogP contribution >= 0.6 is 12.2 Å². The van der Waals surface area contributed by atoms with Gasteiger partial charge in [-0.25, -0.2) is 0 Å². The van der Waals surface area contributed by atoms with Crippen molar-refractivity contribution >= 4 is 28.9 Å². The van der Waals surface area contributed by atoms with Gasteiger partial charge in [0.2, 0.25) is 0 Å². The number of rotatable bonds is 8. The zero-order chi connectivity index (χ0) is 19.6. The fourth-order valence-corrected chi connectivity index (χ4v) is 2.41.